The molecule has 8 heteroatoms. The van der Waals surface area contributed by atoms with Crippen LogP contribution in [0.15, 0.2) is 18.2 Å². The third-order valence-corrected chi connectivity index (χ3v) is 2.08. The Morgan fingerprint density at radius 1 is 1.50 bits per heavy atom. The molecule has 0 aliphatic heterocycles. The van der Waals surface area contributed by atoms with Gasteiger partial charge in [-0.15, -0.1) is 0 Å². The van der Waals surface area contributed by atoms with Crippen LogP contribution in [0.1, 0.15) is 12.0 Å². The summed E-state index contributed by atoms with van der Waals surface area (Å²) in [7, 11) is 0. The van der Waals surface area contributed by atoms with Gasteiger partial charge in [-0.2, -0.15) is 8.78 Å². The van der Waals surface area contributed by atoms with Gasteiger partial charge in [-0.1, -0.05) is 0 Å². The Hall–Kier alpha value is -2.25. The highest BCUT2D eigenvalue weighted by atomic mass is 19.3. The molecule has 0 atom stereocenters. The number of non-ortho nitro benzene ring substituents is 1. The summed E-state index contributed by atoms with van der Waals surface area (Å²) in [6.45, 7) is -3.07. The van der Waals surface area contributed by atoms with Crippen LogP contribution in [0.25, 0.3) is 0 Å². The number of nitro groups is 1. The van der Waals surface area contributed by atoms with Gasteiger partial charge < -0.3 is 9.84 Å². The number of carboxylic acid groups (broad SMARTS) is 1. The van der Waals surface area contributed by atoms with Crippen molar-refractivity contribution in [1.29, 1.82) is 0 Å². The van der Waals surface area contributed by atoms with Crippen LogP contribution in [0.2, 0.25) is 0 Å². The molecule has 0 bridgehead atoms. The molecule has 0 aliphatic carbocycles. The molecule has 0 heterocycles. The number of carboxylic acids is 1. The molecule has 0 aliphatic rings. The van der Waals surface area contributed by atoms with Crippen LogP contribution < -0.4 is 4.74 Å². The van der Waals surface area contributed by atoms with Crippen LogP contribution in [0.4, 0.5) is 14.5 Å². The molecule has 0 unspecified atom stereocenters. The summed E-state index contributed by atoms with van der Waals surface area (Å²) in [5, 5.41) is 19.0. The van der Waals surface area contributed by atoms with Crippen molar-refractivity contribution in [2.24, 2.45) is 0 Å². The second-order valence-corrected chi connectivity index (χ2v) is 3.32. The van der Waals surface area contributed by atoms with E-state index in [0.29, 0.717) is 0 Å². The van der Waals surface area contributed by atoms with Crippen molar-refractivity contribution in [3.8, 4) is 5.75 Å². The van der Waals surface area contributed by atoms with Gasteiger partial charge in [0.1, 0.15) is 5.75 Å². The quantitative estimate of drug-likeness (QED) is 0.626. The van der Waals surface area contributed by atoms with Gasteiger partial charge in [0, 0.05) is 24.1 Å². The third kappa shape index (κ3) is 3.96. The molecule has 6 nitrogen and oxygen atoms in total. The zero-order chi connectivity index (χ0) is 13.7. The number of alkyl halides is 2. The number of rotatable bonds is 6. The molecule has 1 rings (SSSR count). The Bertz CT molecular complexity index is 464. The average molecular weight is 261 g/mol. The van der Waals surface area contributed by atoms with E-state index in [2.05, 4.69) is 4.74 Å². The smallest absolute Gasteiger partial charge is 0.387 e. The largest absolute Gasteiger partial charge is 0.481 e. The number of halogens is 2. The minimum Gasteiger partial charge on any atom is -0.481 e. The summed E-state index contributed by atoms with van der Waals surface area (Å²) in [5.74, 6) is -1.39. The Balaban J connectivity index is 3.01. The average Bonchev–Trinajstić information content (AvgIpc) is 2.26. The molecular formula is C10H9F2NO5. The lowest BCUT2D eigenvalue weighted by atomic mass is 10.1. The van der Waals surface area contributed by atoms with Gasteiger partial charge in [0.05, 0.1) is 4.92 Å². The minimum atomic E-state index is -3.07. The van der Waals surface area contributed by atoms with E-state index in [0.717, 1.165) is 18.2 Å². The fraction of sp³-hybridized carbons (Fsp3) is 0.300. The molecule has 1 N–H and O–H groups in total. The minimum absolute atomic E-state index is 0.0619. The third-order valence-electron chi connectivity index (χ3n) is 2.08. The number of aryl methyl sites for hydroxylation is 1. The number of nitro benzene ring substituents is 1. The Morgan fingerprint density at radius 2 is 2.17 bits per heavy atom. The zero-order valence-corrected chi connectivity index (χ0v) is 9.01. The molecule has 0 spiro atoms. The molecular weight excluding hydrogens is 252 g/mol. The molecule has 0 radical (unpaired) electrons. The summed E-state index contributed by atoms with van der Waals surface area (Å²) in [6.07, 6.45) is -0.458. The van der Waals surface area contributed by atoms with Crippen LogP contribution in [-0.4, -0.2) is 22.6 Å². The number of aliphatic carboxylic acids is 1. The lowest BCUT2D eigenvalue weighted by Gasteiger charge is -2.09. The van der Waals surface area contributed by atoms with Crippen LogP contribution in [-0.2, 0) is 11.2 Å². The lowest BCUT2D eigenvalue weighted by Crippen LogP contribution is -2.06. The fourth-order valence-corrected chi connectivity index (χ4v) is 1.33. The van der Waals surface area contributed by atoms with Crippen LogP contribution in [0, 0.1) is 10.1 Å². The number of ether oxygens (including phenoxy) is 1. The number of nitrogens with zero attached hydrogens (tertiary/aromatic N) is 1. The highest BCUT2D eigenvalue weighted by Crippen LogP contribution is 2.26. The zero-order valence-electron chi connectivity index (χ0n) is 9.01. The number of hydrogen-bond acceptors (Lipinski definition) is 4. The van der Waals surface area contributed by atoms with Gasteiger partial charge in [-0.3, -0.25) is 14.9 Å². The molecule has 0 saturated heterocycles. The van der Waals surface area contributed by atoms with E-state index >= 15 is 0 Å². The van der Waals surface area contributed by atoms with Crippen molar-refractivity contribution in [1.82, 2.24) is 0 Å². The summed E-state index contributed by atoms with van der Waals surface area (Å²) in [6, 6.07) is 3.07. The Kier molecular flexibility index (Phi) is 4.52. The predicted molar refractivity (Wildman–Crippen MR) is 55.7 cm³/mol. The molecule has 0 amide bonds. The van der Waals surface area contributed by atoms with E-state index in [1.165, 1.54) is 0 Å². The van der Waals surface area contributed by atoms with E-state index < -0.39 is 17.5 Å². The highest BCUT2D eigenvalue weighted by molar-refractivity contribution is 5.67. The SMILES string of the molecule is O=C(O)CCc1cc([N+](=O)[O-])ccc1OC(F)F. The maximum atomic E-state index is 12.1. The first-order valence-corrected chi connectivity index (χ1v) is 4.84. The lowest BCUT2D eigenvalue weighted by molar-refractivity contribution is -0.385. The molecule has 0 fully saturated rings. The maximum Gasteiger partial charge on any atom is 0.387 e. The number of hydrogen-bond donors (Lipinski definition) is 1. The van der Waals surface area contributed by atoms with Gasteiger partial charge in [0.15, 0.2) is 0 Å². The molecule has 0 aromatic heterocycles. The van der Waals surface area contributed by atoms with E-state index in [9.17, 15) is 23.7 Å². The van der Waals surface area contributed by atoms with E-state index in [1.54, 1.807) is 0 Å². The summed E-state index contributed by atoms with van der Waals surface area (Å²) < 4.78 is 28.3. The van der Waals surface area contributed by atoms with Gasteiger partial charge >= 0.3 is 12.6 Å². The first-order valence-electron chi connectivity index (χ1n) is 4.84. The van der Waals surface area contributed by atoms with E-state index in [-0.39, 0.29) is 29.8 Å². The molecule has 1 aromatic rings. The number of carbonyl (C=O) groups is 1. The molecule has 18 heavy (non-hydrogen) atoms. The standard InChI is InChI=1S/C10H9F2NO5/c11-10(12)18-8-3-2-7(13(16)17)5-6(8)1-4-9(14)15/h2-3,5,10H,1,4H2,(H,14,15). The highest BCUT2D eigenvalue weighted by Gasteiger charge is 2.15. The van der Waals surface area contributed by atoms with Crippen molar-refractivity contribution in [2.45, 2.75) is 19.5 Å². The van der Waals surface area contributed by atoms with E-state index in [1.807, 2.05) is 0 Å². The fourth-order valence-electron chi connectivity index (χ4n) is 1.33. The predicted octanol–water partition coefficient (Wildman–Crippen LogP) is 2.21. The van der Waals surface area contributed by atoms with E-state index in [4.69, 9.17) is 5.11 Å². The second-order valence-electron chi connectivity index (χ2n) is 3.32. The van der Waals surface area contributed by atoms with Crippen molar-refractivity contribution in [3.63, 3.8) is 0 Å². The van der Waals surface area contributed by atoms with Crippen molar-refractivity contribution < 1.29 is 28.3 Å². The van der Waals surface area contributed by atoms with Gasteiger partial charge in [-0.05, 0) is 12.5 Å². The summed E-state index contributed by atoms with van der Waals surface area (Å²) >= 11 is 0. The van der Waals surface area contributed by atoms with Crippen LogP contribution in [0.3, 0.4) is 0 Å². The van der Waals surface area contributed by atoms with Gasteiger partial charge in [0.25, 0.3) is 5.69 Å². The molecule has 0 saturated carbocycles. The normalized spacial score (nSPS) is 10.4. The topological polar surface area (TPSA) is 89.7 Å². The summed E-state index contributed by atoms with van der Waals surface area (Å²) in [5.41, 5.74) is -0.246. The van der Waals surface area contributed by atoms with Crippen molar-refractivity contribution in [3.05, 3.63) is 33.9 Å². The molecule has 98 valence electrons. The monoisotopic (exact) mass is 261 g/mol. The Labute approximate surface area is 99.9 Å². The summed E-state index contributed by atoms with van der Waals surface area (Å²) in [4.78, 5) is 20.2. The van der Waals surface area contributed by atoms with Crippen molar-refractivity contribution in [2.75, 3.05) is 0 Å². The van der Waals surface area contributed by atoms with Crippen molar-refractivity contribution >= 4 is 11.7 Å². The van der Waals surface area contributed by atoms with Gasteiger partial charge in [0.2, 0.25) is 0 Å². The first kappa shape index (κ1) is 13.8. The Morgan fingerprint density at radius 3 is 2.67 bits per heavy atom. The molecule has 1 aromatic carbocycles. The van der Waals surface area contributed by atoms with Gasteiger partial charge in [-0.25, -0.2) is 0 Å². The maximum absolute atomic E-state index is 12.1. The number of benzene rings is 1. The van der Waals surface area contributed by atoms with Crippen LogP contribution in [0.5, 0.6) is 5.75 Å². The second kappa shape index (κ2) is 5.89. The van der Waals surface area contributed by atoms with Crippen LogP contribution >= 0.6 is 0 Å². The first-order chi connectivity index (χ1) is 8.40.